The van der Waals surface area contributed by atoms with E-state index in [0.29, 0.717) is 11.7 Å². The van der Waals surface area contributed by atoms with Gasteiger partial charge in [-0.2, -0.15) is 0 Å². The average molecular weight is 112 g/mol. The predicted octanol–water partition coefficient (Wildman–Crippen LogP) is 1.57. The second-order valence-electron chi connectivity index (χ2n) is 3.28. The van der Waals surface area contributed by atoms with Crippen molar-refractivity contribution >= 4 is 0 Å². The molecule has 1 saturated carbocycles. The van der Waals surface area contributed by atoms with Crippen molar-refractivity contribution in [2.75, 3.05) is 0 Å². The Morgan fingerprint density at radius 2 is 2.38 bits per heavy atom. The summed E-state index contributed by atoms with van der Waals surface area (Å²) in [5.74, 6) is 0.905. The molecule has 1 nitrogen and oxygen atoms in total. The minimum atomic E-state index is 0.333. The zero-order chi connectivity index (χ0) is 5.78. The fourth-order valence-corrected chi connectivity index (χ4v) is 2.03. The molecule has 0 aromatic rings. The molecule has 1 saturated heterocycles. The van der Waals surface area contributed by atoms with E-state index in [2.05, 4.69) is 13.8 Å². The van der Waals surface area contributed by atoms with Gasteiger partial charge in [0.2, 0.25) is 0 Å². The van der Waals surface area contributed by atoms with Crippen LogP contribution in [-0.4, -0.2) is 11.7 Å². The lowest BCUT2D eigenvalue weighted by molar-refractivity contribution is -0.297. The maximum Gasteiger partial charge on any atom is 0.0711 e. The van der Waals surface area contributed by atoms with Crippen molar-refractivity contribution < 1.29 is 4.74 Å². The Hall–Kier alpha value is -0.0400. The van der Waals surface area contributed by atoms with Crippen LogP contribution >= 0.6 is 0 Å². The van der Waals surface area contributed by atoms with Crippen molar-refractivity contribution in [3.8, 4) is 0 Å². The maximum atomic E-state index is 5.53. The van der Waals surface area contributed by atoms with Crippen LogP contribution in [0.2, 0.25) is 0 Å². The van der Waals surface area contributed by atoms with Crippen LogP contribution in [0.1, 0.15) is 26.7 Å². The molecule has 0 bridgehead atoms. The lowest BCUT2D eigenvalue weighted by Gasteiger charge is -2.60. The van der Waals surface area contributed by atoms with Gasteiger partial charge < -0.3 is 4.74 Å². The van der Waals surface area contributed by atoms with Crippen LogP contribution in [0.3, 0.4) is 0 Å². The van der Waals surface area contributed by atoms with Crippen molar-refractivity contribution in [3.63, 3.8) is 0 Å². The molecule has 0 spiro atoms. The summed E-state index contributed by atoms with van der Waals surface area (Å²) in [4.78, 5) is 0. The van der Waals surface area contributed by atoms with Crippen LogP contribution in [0, 0.1) is 5.92 Å². The lowest BCUT2D eigenvalue weighted by Crippen LogP contribution is -2.63. The van der Waals surface area contributed by atoms with Gasteiger partial charge in [-0.05, 0) is 26.7 Å². The minimum Gasteiger partial charge on any atom is -0.372 e. The van der Waals surface area contributed by atoms with Crippen molar-refractivity contribution in [2.45, 2.75) is 38.4 Å². The van der Waals surface area contributed by atoms with Crippen LogP contribution < -0.4 is 0 Å². The summed E-state index contributed by atoms with van der Waals surface area (Å²) >= 11 is 0. The van der Waals surface area contributed by atoms with E-state index in [4.69, 9.17) is 4.74 Å². The summed E-state index contributed by atoms with van der Waals surface area (Å²) < 4.78 is 5.53. The first-order chi connectivity index (χ1) is 3.72. The molecule has 0 radical (unpaired) electrons. The number of fused-ring (bicyclic) bond motifs is 1. The minimum absolute atomic E-state index is 0.333. The van der Waals surface area contributed by atoms with E-state index in [-0.39, 0.29) is 0 Å². The van der Waals surface area contributed by atoms with Gasteiger partial charge in [0.05, 0.1) is 11.7 Å². The van der Waals surface area contributed by atoms with Gasteiger partial charge in [-0.15, -0.1) is 0 Å². The first-order valence-electron chi connectivity index (χ1n) is 3.40. The number of hydrogen-bond donors (Lipinski definition) is 0. The van der Waals surface area contributed by atoms with E-state index in [0.717, 1.165) is 5.92 Å². The van der Waals surface area contributed by atoms with E-state index in [1.165, 1.54) is 12.8 Å². The Bertz CT molecular complexity index is 122. The molecule has 1 heteroatoms. The molecular weight excluding hydrogens is 100 g/mol. The Balaban J connectivity index is 2.08. The summed E-state index contributed by atoms with van der Waals surface area (Å²) in [6.07, 6.45) is 3.26. The second kappa shape index (κ2) is 1.10. The van der Waals surface area contributed by atoms with Crippen LogP contribution in [0.15, 0.2) is 0 Å². The number of rotatable bonds is 0. The van der Waals surface area contributed by atoms with Crippen LogP contribution in [0.4, 0.5) is 0 Å². The molecule has 3 unspecified atom stereocenters. The van der Waals surface area contributed by atoms with E-state index in [1.54, 1.807) is 0 Å². The molecular formula is C7H12O. The molecule has 8 heavy (non-hydrogen) atoms. The first-order valence-corrected chi connectivity index (χ1v) is 3.40. The molecule has 0 aromatic heterocycles. The topological polar surface area (TPSA) is 9.23 Å². The summed E-state index contributed by atoms with van der Waals surface area (Å²) in [5.41, 5.74) is 0.333. The molecule has 2 rings (SSSR count). The summed E-state index contributed by atoms with van der Waals surface area (Å²) in [5, 5.41) is 0. The highest BCUT2D eigenvalue weighted by Gasteiger charge is 2.56. The summed E-state index contributed by atoms with van der Waals surface area (Å²) in [6, 6.07) is 0. The molecule has 46 valence electrons. The highest BCUT2D eigenvalue weighted by Crippen LogP contribution is 2.53. The largest absolute Gasteiger partial charge is 0.372 e. The predicted molar refractivity (Wildman–Crippen MR) is 31.7 cm³/mol. The van der Waals surface area contributed by atoms with E-state index in [1.807, 2.05) is 0 Å². The Morgan fingerprint density at radius 3 is 2.38 bits per heavy atom. The summed E-state index contributed by atoms with van der Waals surface area (Å²) in [7, 11) is 0. The van der Waals surface area contributed by atoms with E-state index < -0.39 is 0 Å². The second-order valence-corrected chi connectivity index (χ2v) is 3.28. The van der Waals surface area contributed by atoms with E-state index in [9.17, 15) is 0 Å². The number of ether oxygens (including phenoxy) is 1. The summed E-state index contributed by atoms with van der Waals surface area (Å²) in [6.45, 7) is 4.40. The molecule has 1 aliphatic carbocycles. The molecule has 0 aromatic carbocycles. The third kappa shape index (κ3) is 0.334. The van der Waals surface area contributed by atoms with E-state index >= 15 is 0 Å². The van der Waals surface area contributed by atoms with Crippen LogP contribution in [-0.2, 0) is 4.74 Å². The van der Waals surface area contributed by atoms with Crippen molar-refractivity contribution in [3.05, 3.63) is 0 Å². The first kappa shape index (κ1) is 4.80. The van der Waals surface area contributed by atoms with Gasteiger partial charge in [-0.25, -0.2) is 0 Å². The normalized spacial score (nSPS) is 60.8. The Labute approximate surface area is 50.0 Å². The van der Waals surface area contributed by atoms with Crippen LogP contribution in [0.5, 0.6) is 0 Å². The molecule has 0 N–H and O–H groups in total. The molecule has 0 amide bonds. The average Bonchev–Trinajstić information content (AvgIpc) is 1.64. The monoisotopic (exact) mass is 112 g/mol. The zero-order valence-electron chi connectivity index (χ0n) is 5.48. The maximum absolute atomic E-state index is 5.53. The van der Waals surface area contributed by atoms with Gasteiger partial charge in [0.1, 0.15) is 0 Å². The third-order valence-electron chi connectivity index (χ3n) is 2.76. The fourth-order valence-electron chi connectivity index (χ4n) is 2.03. The fraction of sp³-hybridized carbons (Fsp3) is 1.00. The van der Waals surface area contributed by atoms with Gasteiger partial charge in [0.25, 0.3) is 0 Å². The van der Waals surface area contributed by atoms with Gasteiger partial charge in [0, 0.05) is 5.92 Å². The lowest BCUT2D eigenvalue weighted by atomic mass is 9.63. The van der Waals surface area contributed by atoms with Crippen molar-refractivity contribution in [1.29, 1.82) is 0 Å². The highest BCUT2D eigenvalue weighted by molar-refractivity contribution is 5.04. The molecule has 2 aliphatic rings. The quantitative estimate of drug-likeness (QED) is 0.462. The zero-order valence-corrected chi connectivity index (χ0v) is 5.48. The van der Waals surface area contributed by atoms with Crippen molar-refractivity contribution in [2.24, 2.45) is 5.92 Å². The van der Waals surface area contributed by atoms with Gasteiger partial charge in [-0.1, -0.05) is 0 Å². The molecule has 3 atom stereocenters. The van der Waals surface area contributed by atoms with Gasteiger partial charge >= 0.3 is 0 Å². The Morgan fingerprint density at radius 1 is 1.62 bits per heavy atom. The standard InChI is InChI=1S/C7H12O/c1-5-6-3-4-7(6,2)8-5/h5-6H,3-4H2,1-2H3. The molecule has 2 fully saturated rings. The smallest absolute Gasteiger partial charge is 0.0711 e. The van der Waals surface area contributed by atoms with Crippen molar-refractivity contribution in [1.82, 2.24) is 0 Å². The molecule has 1 heterocycles. The van der Waals surface area contributed by atoms with Crippen LogP contribution in [0.25, 0.3) is 0 Å². The molecule has 1 aliphatic heterocycles. The highest BCUT2D eigenvalue weighted by atomic mass is 16.5. The Kier molecular flexibility index (Phi) is 0.663. The third-order valence-corrected chi connectivity index (χ3v) is 2.76. The van der Waals surface area contributed by atoms with Gasteiger partial charge in [0.15, 0.2) is 0 Å². The number of hydrogen-bond acceptors (Lipinski definition) is 1. The van der Waals surface area contributed by atoms with Gasteiger partial charge in [-0.3, -0.25) is 0 Å². The SMILES string of the molecule is CC1OC2(C)CCC12.